The molecule has 1 heterocycles. The molecule has 0 radical (unpaired) electrons. The third-order valence-electron chi connectivity index (χ3n) is 4.31. The molecule has 0 fully saturated rings. The quantitative estimate of drug-likeness (QED) is 0.783. The number of urea groups is 1. The van der Waals surface area contributed by atoms with Crippen molar-refractivity contribution >= 4 is 16.9 Å². The summed E-state index contributed by atoms with van der Waals surface area (Å²) in [5.41, 5.74) is 3.37. The normalized spacial score (nSPS) is 10.7. The van der Waals surface area contributed by atoms with Crippen LogP contribution >= 0.6 is 0 Å². The lowest BCUT2D eigenvalue weighted by atomic mass is 10.1. The number of carbonyl (C=O) groups excluding carboxylic acids is 1. The standard InChI is InChI=1S/C21H23N3O2/c1-15-9-10-19-17(11-15)12-18(20(25)22-19)14-24(21(26)23(2)3)13-16-7-5-4-6-8-16/h4-12H,13-14H2,1-3H3,(H,22,25). The number of aromatic amines is 1. The summed E-state index contributed by atoms with van der Waals surface area (Å²) in [6.45, 7) is 2.72. The molecule has 2 aromatic carbocycles. The van der Waals surface area contributed by atoms with Crippen LogP contribution in [-0.4, -0.2) is 34.9 Å². The Labute approximate surface area is 152 Å². The summed E-state index contributed by atoms with van der Waals surface area (Å²) >= 11 is 0. The minimum absolute atomic E-state index is 0.127. The summed E-state index contributed by atoms with van der Waals surface area (Å²) in [7, 11) is 3.43. The van der Waals surface area contributed by atoms with E-state index in [1.165, 1.54) is 4.90 Å². The van der Waals surface area contributed by atoms with Gasteiger partial charge in [-0.25, -0.2) is 4.79 Å². The highest BCUT2D eigenvalue weighted by Crippen LogP contribution is 2.16. The molecule has 3 rings (SSSR count). The second-order valence-corrected chi connectivity index (χ2v) is 6.73. The highest BCUT2D eigenvalue weighted by atomic mass is 16.2. The molecule has 0 aliphatic heterocycles. The van der Waals surface area contributed by atoms with Gasteiger partial charge < -0.3 is 14.8 Å². The van der Waals surface area contributed by atoms with Crippen LogP contribution in [0.4, 0.5) is 4.79 Å². The van der Waals surface area contributed by atoms with Crippen LogP contribution < -0.4 is 5.56 Å². The number of nitrogens with zero attached hydrogens (tertiary/aromatic N) is 2. The van der Waals surface area contributed by atoms with Crippen LogP contribution in [0, 0.1) is 6.92 Å². The maximum atomic E-state index is 12.6. The van der Waals surface area contributed by atoms with Crippen molar-refractivity contribution in [3.05, 3.63) is 81.6 Å². The van der Waals surface area contributed by atoms with Crippen molar-refractivity contribution in [2.45, 2.75) is 20.0 Å². The van der Waals surface area contributed by atoms with E-state index < -0.39 is 0 Å². The van der Waals surface area contributed by atoms with Gasteiger partial charge in [0.1, 0.15) is 0 Å². The van der Waals surface area contributed by atoms with Crippen molar-refractivity contribution < 1.29 is 4.79 Å². The summed E-state index contributed by atoms with van der Waals surface area (Å²) in [5, 5.41) is 0.969. The van der Waals surface area contributed by atoms with Crippen LogP contribution in [0.1, 0.15) is 16.7 Å². The number of hydrogen-bond donors (Lipinski definition) is 1. The SMILES string of the molecule is Cc1ccc2[nH]c(=O)c(CN(Cc3ccccc3)C(=O)N(C)C)cc2c1. The monoisotopic (exact) mass is 349 g/mol. The van der Waals surface area contributed by atoms with Crippen molar-refractivity contribution in [1.29, 1.82) is 0 Å². The highest BCUT2D eigenvalue weighted by Gasteiger charge is 2.18. The van der Waals surface area contributed by atoms with Crippen molar-refractivity contribution in [2.24, 2.45) is 0 Å². The number of amides is 2. The maximum absolute atomic E-state index is 12.6. The molecule has 0 unspecified atom stereocenters. The van der Waals surface area contributed by atoms with Gasteiger partial charge in [-0.2, -0.15) is 0 Å². The molecule has 1 N–H and O–H groups in total. The molecular weight excluding hydrogens is 326 g/mol. The third-order valence-corrected chi connectivity index (χ3v) is 4.31. The number of pyridine rings is 1. The number of hydrogen-bond acceptors (Lipinski definition) is 2. The first-order valence-electron chi connectivity index (χ1n) is 8.57. The Morgan fingerprint density at radius 2 is 1.73 bits per heavy atom. The zero-order chi connectivity index (χ0) is 18.7. The number of carbonyl (C=O) groups is 1. The number of fused-ring (bicyclic) bond motifs is 1. The average molecular weight is 349 g/mol. The molecule has 5 heteroatoms. The third kappa shape index (κ3) is 3.94. The van der Waals surface area contributed by atoms with E-state index in [2.05, 4.69) is 4.98 Å². The number of rotatable bonds is 4. The minimum atomic E-state index is -0.161. The molecule has 0 aliphatic rings. The molecule has 0 aliphatic carbocycles. The molecule has 0 spiro atoms. The lowest BCUT2D eigenvalue weighted by molar-refractivity contribution is 0.165. The minimum Gasteiger partial charge on any atom is -0.331 e. The molecule has 26 heavy (non-hydrogen) atoms. The van der Waals surface area contributed by atoms with E-state index in [-0.39, 0.29) is 18.1 Å². The van der Waals surface area contributed by atoms with Gasteiger partial charge >= 0.3 is 6.03 Å². The van der Waals surface area contributed by atoms with E-state index in [4.69, 9.17) is 0 Å². The van der Waals surface area contributed by atoms with Gasteiger partial charge in [0.15, 0.2) is 0 Å². The largest absolute Gasteiger partial charge is 0.331 e. The van der Waals surface area contributed by atoms with Gasteiger partial charge in [0, 0.05) is 31.7 Å². The Morgan fingerprint density at radius 1 is 1.00 bits per heavy atom. The lowest BCUT2D eigenvalue weighted by Crippen LogP contribution is -2.39. The summed E-state index contributed by atoms with van der Waals surface area (Å²) < 4.78 is 0. The Hall–Kier alpha value is -3.08. The van der Waals surface area contributed by atoms with Crippen LogP contribution in [0.15, 0.2) is 59.4 Å². The van der Waals surface area contributed by atoms with Crippen molar-refractivity contribution in [3.63, 3.8) is 0 Å². The first-order chi connectivity index (χ1) is 12.4. The van der Waals surface area contributed by atoms with Gasteiger partial charge in [-0.05, 0) is 36.1 Å². The summed E-state index contributed by atoms with van der Waals surface area (Å²) in [4.78, 5) is 31.2. The summed E-state index contributed by atoms with van der Waals surface area (Å²) in [5.74, 6) is 0. The number of benzene rings is 2. The van der Waals surface area contributed by atoms with E-state index in [0.29, 0.717) is 12.1 Å². The number of nitrogens with one attached hydrogen (secondary N) is 1. The van der Waals surface area contributed by atoms with Gasteiger partial charge in [0.2, 0.25) is 0 Å². The molecule has 5 nitrogen and oxygen atoms in total. The predicted molar refractivity (Wildman–Crippen MR) is 104 cm³/mol. The molecule has 0 saturated carbocycles. The van der Waals surface area contributed by atoms with Gasteiger partial charge in [-0.15, -0.1) is 0 Å². The summed E-state index contributed by atoms with van der Waals surface area (Å²) in [6.07, 6.45) is 0. The summed E-state index contributed by atoms with van der Waals surface area (Å²) in [6, 6.07) is 17.4. The number of aryl methyl sites for hydroxylation is 1. The first-order valence-corrected chi connectivity index (χ1v) is 8.57. The average Bonchev–Trinajstić information content (AvgIpc) is 2.62. The second kappa shape index (κ2) is 7.44. The molecular formula is C21H23N3O2. The smallest absolute Gasteiger partial charge is 0.320 e. The fourth-order valence-electron chi connectivity index (χ4n) is 2.97. The maximum Gasteiger partial charge on any atom is 0.320 e. The van der Waals surface area contributed by atoms with Gasteiger partial charge in [0.05, 0.1) is 6.54 Å². The van der Waals surface area contributed by atoms with Crippen LogP contribution in [0.5, 0.6) is 0 Å². The molecule has 2 amide bonds. The Kier molecular flexibility index (Phi) is 5.07. The molecule has 0 saturated heterocycles. The van der Waals surface area contributed by atoms with Crippen LogP contribution in [0.25, 0.3) is 10.9 Å². The highest BCUT2D eigenvalue weighted by molar-refractivity contribution is 5.80. The molecule has 1 aromatic heterocycles. The zero-order valence-electron chi connectivity index (χ0n) is 15.3. The van der Waals surface area contributed by atoms with Crippen molar-refractivity contribution in [1.82, 2.24) is 14.8 Å². The fraction of sp³-hybridized carbons (Fsp3) is 0.238. The zero-order valence-corrected chi connectivity index (χ0v) is 15.3. The Morgan fingerprint density at radius 3 is 2.42 bits per heavy atom. The predicted octanol–water partition coefficient (Wildman–Crippen LogP) is 3.52. The van der Waals surface area contributed by atoms with E-state index in [9.17, 15) is 9.59 Å². The Bertz CT molecular complexity index is 977. The van der Waals surface area contributed by atoms with Gasteiger partial charge in [-0.1, -0.05) is 42.0 Å². The lowest BCUT2D eigenvalue weighted by Gasteiger charge is -2.26. The molecule has 0 atom stereocenters. The van der Waals surface area contributed by atoms with E-state index in [1.807, 2.05) is 61.5 Å². The van der Waals surface area contributed by atoms with Crippen LogP contribution in [0.3, 0.4) is 0 Å². The van der Waals surface area contributed by atoms with E-state index in [1.54, 1.807) is 19.0 Å². The number of H-pyrrole nitrogens is 1. The molecule has 0 bridgehead atoms. The van der Waals surface area contributed by atoms with Gasteiger partial charge in [-0.3, -0.25) is 4.79 Å². The van der Waals surface area contributed by atoms with Crippen LogP contribution in [-0.2, 0) is 13.1 Å². The fourth-order valence-corrected chi connectivity index (χ4v) is 2.97. The van der Waals surface area contributed by atoms with Gasteiger partial charge in [0.25, 0.3) is 5.56 Å². The van der Waals surface area contributed by atoms with E-state index in [0.717, 1.165) is 22.0 Å². The topological polar surface area (TPSA) is 56.4 Å². The first kappa shape index (κ1) is 17.7. The van der Waals surface area contributed by atoms with Crippen LogP contribution in [0.2, 0.25) is 0 Å². The van der Waals surface area contributed by atoms with E-state index >= 15 is 0 Å². The van der Waals surface area contributed by atoms with Crippen molar-refractivity contribution in [2.75, 3.05) is 14.1 Å². The van der Waals surface area contributed by atoms with Crippen molar-refractivity contribution in [3.8, 4) is 0 Å². The number of aromatic nitrogens is 1. The molecule has 3 aromatic rings. The Balaban J connectivity index is 1.95. The molecule has 134 valence electrons. The second-order valence-electron chi connectivity index (χ2n) is 6.73.